The van der Waals surface area contributed by atoms with Crippen LogP contribution in [0.15, 0.2) is 47.4 Å². The largest absolute Gasteiger partial charge is 0.478 e. The number of carbonyl (C=O) groups is 1. The molecule has 1 N–H and O–H groups in total. The van der Waals surface area contributed by atoms with Crippen LogP contribution in [0.1, 0.15) is 33.3 Å². The van der Waals surface area contributed by atoms with Gasteiger partial charge in [-0.3, -0.25) is 0 Å². The Hall–Kier alpha value is -2.71. The number of carboxylic acid groups (broad SMARTS) is 1. The zero-order chi connectivity index (χ0) is 21.3. The molecule has 0 amide bonds. The van der Waals surface area contributed by atoms with E-state index in [1.54, 1.807) is 20.8 Å². The van der Waals surface area contributed by atoms with Gasteiger partial charge in [-0.2, -0.15) is 0 Å². The molecule has 8 heteroatoms. The third kappa shape index (κ3) is 3.90. The molecule has 0 fully saturated rings. The molecular weight excluding hydrogens is 408 g/mol. The average Bonchev–Trinajstić information content (AvgIpc) is 3.06. The van der Waals surface area contributed by atoms with E-state index in [0.717, 1.165) is 15.4 Å². The first-order chi connectivity index (χ1) is 13.7. The maximum absolute atomic E-state index is 13.4. The van der Waals surface area contributed by atoms with Gasteiger partial charge in [-0.1, -0.05) is 30.3 Å². The molecule has 0 aliphatic rings. The standard InChI is InChI=1S/C21H22N2O4S2/c1-5-23(19-15(4)28-20(22-19)16-9-7-6-8-10-16)29(26,27)17-11-13(2)14(3)18(12-17)21(24)25/h6-12H,5H2,1-4H3,(H,24,25). The highest BCUT2D eigenvalue weighted by atomic mass is 32.2. The van der Waals surface area contributed by atoms with Gasteiger partial charge in [-0.25, -0.2) is 22.5 Å². The number of sulfonamides is 1. The number of rotatable bonds is 6. The van der Waals surface area contributed by atoms with Crippen LogP contribution >= 0.6 is 11.3 Å². The molecule has 1 heterocycles. The summed E-state index contributed by atoms with van der Waals surface area (Å²) in [5, 5.41) is 10.2. The number of anilines is 1. The highest BCUT2D eigenvalue weighted by Gasteiger charge is 2.29. The van der Waals surface area contributed by atoms with E-state index in [2.05, 4.69) is 4.98 Å². The summed E-state index contributed by atoms with van der Waals surface area (Å²) in [4.78, 5) is 16.9. The fourth-order valence-electron chi connectivity index (χ4n) is 3.08. The van der Waals surface area contributed by atoms with E-state index in [1.807, 2.05) is 37.3 Å². The van der Waals surface area contributed by atoms with Crippen LogP contribution < -0.4 is 4.31 Å². The molecular formula is C21H22N2O4S2. The van der Waals surface area contributed by atoms with Crippen LogP contribution in [0.5, 0.6) is 0 Å². The van der Waals surface area contributed by atoms with Crippen LogP contribution in [0.25, 0.3) is 10.6 Å². The average molecular weight is 431 g/mol. The van der Waals surface area contributed by atoms with E-state index in [0.29, 0.717) is 16.9 Å². The molecule has 2 aromatic carbocycles. The molecule has 0 aliphatic heterocycles. The predicted octanol–water partition coefficient (Wildman–Crippen LogP) is 4.65. The molecule has 1 aromatic heterocycles. The first kappa shape index (κ1) is 21.0. The molecule has 0 bridgehead atoms. The lowest BCUT2D eigenvalue weighted by Gasteiger charge is -2.22. The van der Waals surface area contributed by atoms with Gasteiger partial charge in [0.15, 0.2) is 5.82 Å². The summed E-state index contributed by atoms with van der Waals surface area (Å²) < 4.78 is 28.0. The normalized spacial score (nSPS) is 11.4. The zero-order valence-electron chi connectivity index (χ0n) is 16.6. The van der Waals surface area contributed by atoms with Crippen molar-refractivity contribution >= 4 is 33.1 Å². The van der Waals surface area contributed by atoms with Gasteiger partial charge in [0.25, 0.3) is 10.0 Å². The van der Waals surface area contributed by atoms with Gasteiger partial charge in [-0.05, 0) is 51.0 Å². The van der Waals surface area contributed by atoms with Crippen LogP contribution in [0, 0.1) is 20.8 Å². The third-order valence-corrected chi connectivity index (χ3v) is 7.63. The SMILES string of the molecule is CCN(c1nc(-c2ccccc2)sc1C)S(=O)(=O)c1cc(C)c(C)c(C(=O)O)c1. The maximum atomic E-state index is 13.4. The summed E-state index contributed by atoms with van der Waals surface area (Å²) in [6, 6.07) is 12.3. The van der Waals surface area contributed by atoms with E-state index in [-0.39, 0.29) is 17.0 Å². The van der Waals surface area contributed by atoms with Crippen molar-refractivity contribution in [3.63, 3.8) is 0 Å². The maximum Gasteiger partial charge on any atom is 0.336 e. The molecule has 3 aromatic rings. The number of aromatic carboxylic acids is 1. The molecule has 3 rings (SSSR count). The first-order valence-electron chi connectivity index (χ1n) is 9.07. The summed E-state index contributed by atoms with van der Waals surface area (Å²) in [5.74, 6) is -0.784. The van der Waals surface area contributed by atoms with Gasteiger partial charge in [0.1, 0.15) is 5.01 Å². The zero-order valence-corrected chi connectivity index (χ0v) is 18.3. The monoisotopic (exact) mass is 430 g/mol. The van der Waals surface area contributed by atoms with Crippen LogP contribution in [0.2, 0.25) is 0 Å². The van der Waals surface area contributed by atoms with Crippen LogP contribution in [-0.2, 0) is 10.0 Å². The Kier molecular flexibility index (Phi) is 5.77. The number of hydrogen-bond donors (Lipinski definition) is 1. The van der Waals surface area contributed by atoms with Crippen molar-refractivity contribution in [2.75, 3.05) is 10.8 Å². The quantitative estimate of drug-likeness (QED) is 0.615. The number of thiazole rings is 1. The van der Waals surface area contributed by atoms with E-state index < -0.39 is 16.0 Å². The van der Waals surface area contributed by atoms with E-state index in [4.69, 9.17) is 0 Å². The fourth-order valence-corrected chi connectivity index (χ4v) is 5.66. The summed E-state index contributed by atoms with van der Waals surface area (Å²) in [6.07, 6.45) is 0. The highest BCUT2D eigenvalue weighted by Crippen LogP contribution is 2.35. The Balaban J connectivity index is 2.11. The Morgan fingerprint density at radius 1 is 1.14 bits per heavy atom. The fraction of sp³-hybridized carbons (Fsp3) is 0.238. The number of benzene rings is 2. The van der Waals surface area contributed by atoms with E-state index >= 15 is 0 Å². The van der Waals surface area contributed by atoms with Crippen molar-refractivity contribution in [2.24, 2.45) is 0 Å². The summed E-state index contributed by atoms with van der Waals surface area (Å²) in [6.45, 7) is 7.12. The van der Waals surface area contributed by atoms with E-state index in [9.17, 15) is 18.3 Å². The molecule has 0 saturated heterocycles. The highest BCUT2D eigenvalue weighted by molar-refractivity contribution is 7.92. The minimum atomic E-state index is -3.98. The van der Waals surface area contributed by atoms with Crippen LogP contribution in [-0.4, -0.2) is 31.0 Å². The third-order valence-electron chi connectivity index (χ3n) is 4.78. The lowest BCUT2D eigenvalue weighted by atomic mass is 10.0. The Bertz CT molecular complexity index is 1170. The van der Waals surface area contributed by atoms with Crippen molar-refractivity contribution < 1.29 is 18.3 Å². The Morgan fingerprint density at radius 2 is 1.79 bits per heavy atom. The molecule has 0 saturated carbocycles. The van der Waals surface area contributed by atoms with Crippen LogP contribution in [0.4, 0.5) is 5.82 Å². The predicted molar refractivity (Wildman–Crippen MR) is 115 cm³/mol. The summed E-state index contributed by atoms with van der Waals surface area (Å²) in [7, 11) is -3.98. The summed E-state index contributed by atoms with van der Waals surface area (Å²) >= 11 is 1.42. The number of carboxylic acids is 1. The Morgan fingerprint density at radius 3 is 2.38 bits per heavy atom. The van der Waals surface area contributed by atoms with Gasteiger partial charge in [0, 0.05) is 17.0 Å². The van der Waals surface area contributed by atoms with Crippen molar-refractivity contribution in [1.82, 2.24) is 4.98 Å². The second kappa shape index (κ2) is 7.96. The number of aromatic nitrogens is 1. The minimum absolute atomic E-state index is 0.0143. The van der Waals surface area contributed by atoms with Gasteiger partial charge >= 0.3 is 5.97 Å². The number of hydrogen-bond acceptors (Lipinski definition) is 5. The van der Waals surface area contributed by atoms with Crippen LogP contribution in [0.3, 0.4) is 0 Å². The topological polar surface area (TPSA) is 87.6 Å². The molecule has 0 unspecified atom stereocenters. The van der Waals surface area contributed by atoms with E-state index in [1.165, 1.54) is 27.8 Å². The molecule has 6 nitrogen and oxygen atoms in total. The second-order valence-electron chi connectivity index (χ2n) is 6.65. The molecule has 0 atom stereocenters. The lowest BCUT2D eigenvalue weighted by molar-refractivity contribution is 0.0695. The first-order valence-corrected chi connectivity index (χ1v) is 11.3. The van der Waals surface area contributed by atoms with Crippen molar-refractivity contribution in [3.05, 3.63) is 64.0 Å². The Labute approximate surface area is 174 Å². The van der Waals surface area contributed by atoms with Gasteiger partial charge in [0.2, 0.25) is 0 Å². The summed E-state index contributed by atoms with van der Waals surface area (Å²) in [5.41, 5.74) is 2.06. The number of aryl methyl sites for hydroxylation is 2. The molecule has 0 aliphatic carbocycles. The van der Waals surface area contributed by atoms with Gasteiger partial charge < -0.3 is 5.11 Å². The molecule has 152 valence electrons. The smallest absolute Gasteiger partial charge is 0.336 e. The second-order valence-corrected chi connectivity index (χ2v) is 9.72. The van der Waals surface area contributed by atoms with Gasteiger partial charge in [0.05, 0.1) is 10.5 Å². The van der Waals surface area contributed by atoms with Crippen molar-refractivity contribution in [2.45, 2.75) is 32.6 Å². The van der Waals surface area contributed by atoms with Gasteiger partial charge in [-0.15, -0.1) is 11.3 Å². The molecule has 0 spiro atoms. The lowest BCUT2D eigenvalue weighted by Crippen LogP contribution is -2.32. The van der Waals surface area contributed by atoms with Crippen molar-refractivity contribution in [3.8, 4) is 10.6 Å². The molecule has 29 heavy (non-hydrogen) atoms. The minimum Gasteiger partial charge on any atom is -0.478 e. The number of nitrogens with zero attached hydrogens (tertiary/aromatic N) is 2. The molecule has 0 radical (unpaired) electrons. The van der Waals surface area contributed by atoms with Crippen molar-refractivity contribution in [1.29, 1.82) is 0 Å².